The number of carbonyl (C=O) groups is 2. The number of thiophene rings is 1. The number of nitrogens with zero attached hydrogens (tertiary/aromatic N) is 4. The first kappa shape index (κ1) is 27.5. The molecule has 3 N–H and O–H groups in total. The van der Waals surface area contributed by atoms with Crippen molar-refractivity contribution in [2.24, 2.45) is 5.73 Å². The second-order valence-corrected chi connectivity index (χ2v) is 9.01. The molecule has 0 saturated heterocycles. The Kier molecular flexibility index (Phi) is 6.80. The van der Waals surface area contributed by atoms with Gasteiger partial charge in [-0.3, -0.25) is 24.4 Å². The van der Waals surface area contributed by atoms with E-state index in [2.05, 4.69) is 15.4 Å². The van der Waals surface area contributed by atoms with Crippen molar-refractivity contribution < 1.29 is 40.9 Å². The lowest BCUT2D eigenvalue weighted by Crippen LogP contribution is -2.22. The highest BCUT2D eigenvalue weighted by molar-refractivity contribution is 7.21. The van der Waals surface area contributed by atoms with Gasteiger partial charge in [0.2, 0.25) is 11.6 Å². The molecule has 0 radical (unpaired) electrons. The van der Waals surface area contributed by atoms with Crippen LogP contribution < -0.4 is 11.1 Å². The van der Waals surface area contributed by atoms with Gasteiger partial charge in [0.25, 0.3) is 5.91 Å². The zero-order chi connectivity index (χ0) is 28.9. The van der Waals surface area contributed by atoms with E-state index in [1.165, 1.54) is 12.1 Å². The smallest absolute Gasteiger partial charge is 0.365 e. The molecule has 10 nitrogen and oxygen atoms in total. The first-order valence-electron chi connectivity index (χ1n) is 10.6. The van der Waals surface area contributed by atoms with Crippen LogP contribution in [0.5, 0.6) is 0 Å². The number of carbonyl (C=O) groups excluding carboxylic acids is 2. The quantitative estimate of drug-likeness (QED) is 0.186. The van der Waals surface area contributed by atoms with Gasteiger partial charge in [-0.1, -0.05) is 30.3 Å². The Bertz CT molecular complexity index is 1630. The topological polar surface area (TPSA) is 146 Å². The van der Waals surface area contributed by atoms with Crippen LogP contribution in [0.3, 0.4) is 0 Å². The predicted octanol–water partition coefficient (Wildman–Crippen LogP) is 5.15. The number of amides is 2. The SMILES string of the molecule is Cc1c([N+](=O)[O-])c(C(F)(F)F)nn1CC(=O)Nc1c(C(N)=O)sc2nc(C(F)(F)F)cc(-c3ccccc3)c12. The van der Waals surface area contributed by atoms with Gasteiger partial charge in [-0.05, 0) is 24.1 Å². The van der Waals surface area contributed by atoms with E-state index in [9.17, 15) is 46.0 Å². The maximum absolute atomic E-state index is 13.6. The Hall–Kier alpha value is -4.54. The number of anilines is 1. The molecular formula is C22H14F6N6O4S. The Balaban J connectivity index is 1.85. The minimum atomic E-state index is -5.19. The molecule has 17 heteroatoms. The molecule has 204 valence electrons. The van der Waals surface area contributed by atoms with Crippen molar-refractivity contribution in [3.63, 3.8) is 0 Å². The fourth-order valence-corrected chi connectivity index (χ4v) is 4.80. The van der Waals surface area contributed by atoms with Crippen LogP contribution >= 0.6 is 11.3 Å². The zero-order valence-corrected chi connectivity index (χ0v) is 20.2. The fourth-order valence-electron chi connectivity index (χ4n) is 3.80. The molecule has 0 bridgehead atoms. The van der Waals surface area contributed by atoms with Crippen molar-refractivity contribution >= 4 is 44.7 Å². The second kappa shape index (κ2) is 9.64. The first-order chi connectivity index (χ1) is 18.1. The van der Waals surface area contributed by atoms with Crippen molar-refractivity contribution in [3.05, 3.63) is 68.5 Å². The van der Waals surface area contributed by atoms with Gasteiger partial charge in [0.05, 0.1) is 10.6 Å². The number of nitro groups is 1. The molecule has 0 aliphatic rings. The average molecular weight is 572 g/mol. The summed E-state index contributed by atoms with van der Waals surface area (Å²) in [6.07, 6.45) is -10.1. The Labute approximate surface area is 217 Å². The third-order valence-corrected chi connectivity index (χ3v) is 6.54. The molecule has 4 rings (SSSR count). The monoisotopic (exact) mass is 572 g/mol. The summed E-state index contributed by atoms with van der Waals surface area (Å²) < 4.78 is 81.0. The van der Waals surface area contributed by atoms with Gasteiger partial charge in [-0.15, -0.1) is 11.3 Å². The largest absolute Gasteiger partial charge is 0.442 e. The number of halogens is 6. The Morgan fingerprint density at radius 1 is 1.13 bits per heavy atom. The number of hydrogen-bond donors (Lipinski definition) is 2. The van der Waals surface area contributed by atoms with E-state index in [-0.39, 0.29) is 31.9 Å². The van der Waals surface area contributed by atoms with Crippen molar-refractivity contribution in [2.45, 2.75) is 25.8 Å². The lowest BCUT2D eigenvalue weighted by molar-refractivity contribution is -0.388. The lowest BCUT2D eigenvalue weighted by Gasteiger charge is -2.12. The highest BCUT2D eigenvalue weighted by Gasteiger charge is 2.44. The molecule has 0 saturated carbocycles. The second-order valence-electron chi connectivity index (χ2n) is 8.01. The summed E-state index contributed by atoms with van der Waals surface area (Å²) in [4.78, 5) is 37.9. The molecule has 0 unspecified atom stereocenters. The number of nitrogens with two attached hydrogens (primary N) is 1. The molecule has 2 amide bonds. The molecule has 0 aliphatic heterocycles. The van der Waals surface area contributed by atoms with Crippen molar-refractivity contribution in [3.8, 4) is 11.1 Å². The van der Waals surface area contributed by atoms with Crippen LogP contribution in [0.4, 0.5) is 37.7 Å². The number of nitrogens with one attached hydrogen (secondary N) is 1. The molecule has 0 aliphatic carbocycles. The molecule has 0 spiro atoms. The van der Waals surface area contributed by atoms with Gasteiger partial charge in [0, 0.05) is 5.39 Å². The third kappa shape index (κ3) is 5.25. The minimum absolute atomic E-state index is 0.0581. The first-order valence-corrected chi connectivity index (χ1v) is 11.4. The highest BCUT2D eigenvalue weighted by atomic mass is 32.1. The van der Waals surface area contributed by atoms with Crippen molar-refractivity contribution in [1.29, 1.82) is 0 Å². The van der Waals surface area contributed by atoms with Gasteiger partial charge in [-0.25, -0.2) is 4.98 Å². The molecule has 1 aromatic carbocycles. The van der Waals surface area contributed by atoms with Crippen molar-refractivity contribution in [1.82, 2.24) is 14.8 Å². The summed E-state index contributed by atoms with van der Waals surface area (Å²) in [5.74, 6) is -2.21. The Morgan fingerprint density at radius 3 is 2.28 bits per heavy atom. The van der Waals surface area contributed by atoms with E-state index in [0.717, 1.165) is 13.0 Å². The number of primary amides is 1. The van der Waals surface area contributed by atoms with Crippen LogP contribution in [0, 0.1) is 17.0 Å². The number of hydrogen-bond acceptors (Lipinski definition) is 7. The number of pyridine rings is 1. The summed E-state index contributed by atoms with van der Waals surface area (Å²) in [5, 5.41) is 16.6. The molecule has 3 aromatic heterocycles. The Morgan fingerprint density at radius 2 is 1.77 bits per heavy atom. The summed E-state index contributed by atoms with van der Waals surface area (Å²) in [6.45, 7) is -0.00833. The molecule has 0 atom stereocenters. The number of benzene rings is 1. The molecule has 3 heterocycles. The van der Waals surface area contributed by atoms with E-state index in [4.69, 9.17) is 5.73 Å². The van der Waals surface area contributed by atoms with Crippen LogP contribution in [0.15, 0.2) is 36.4 Å². The van der Waals surface area contributed by atoms with E-state index in [1.807, 2.05) is 0 Å². The number of aromatic nitrogens is 3. The maximum Gasteiger partial charge on any atom is 0.442 e. The van der Waals surface area contributed by atoms with Gasteiger partial charge in [0.1, 0.15) is 27.6 Å². The maximum atomic E-state index is 13.6. The van der Waals surface area contributed by atoms with Crippen molar-refractivity contribution in [2.75, 3.05) is 5.32 Å². The molecule has 4 aromatic rings. The van der Waals surface area contributed by atoms with E-state index in [0.29, 0.717) is 16.0 Å². The lowest BCUT2D eigenvalue weighted by atomic mass is 10.0. The summed E-state index contributed by atoms with van der Waals surface area (Å²) in [5.41, 5.74) is 0.291. The van der Waals surface area contributed by atoms with Crippen LogP contribution in [0.1, 0.15) is 26.8 Å². The standard InChI is InChI=1S/C22H14F6N6O4S/c1-9-16(34(37)38)18(22(26,27)28)32-33(9)8-13(35)31-15-14-11(10-5-3-2-4-6-10)7-12(21(23,24)25)30-20(14)39-17(15)19(29)36/h2-7H,8H2,1H3,(H2,29,36)(H,31,35). The zero-order valence-electron chi connectivity index (χ0n) is 19.3. The number of fused-ring (bicyclic) bond motifs is 1. The van der Waals surface area contributed by atoms with Gasteiger partial charge < -0.3 is 11.1 Å². The number of alkyl halides is 6. The molecule has 39 heavy (non-hydrogen) atoms. The van der Waals surface area contributed by atoms with E-state index >= 15 is 0 Å². The summed E-state index contributed by atoms with van der Waals surface area (Å²) in [7, 11) is 0. The van der Waals surface area contributed by atoms with Gasteiger partial charge in [-0.2, -0.15) is 31.4 Å². The van der Waals surface area contributed by atoms with Gasteiger partial charge >= 0.3 is 18.0 Å². The normalized spacial score (nSPS) is 12.1. The van der Waals surface area contributed by atoms with Crippen LogP contribution in [0.25, 0.3) is 21.3 Å². The molecule has 0 fully saturated rings. The van der Waals surface area contributed by atoms with Crippen LogP contribution in [-0.2, 0) is 23.7 Å². The van der Waals surface area contributed by atoms with Gasteiger partial charge in [0.15, 0.2) is 0 Å². The fraction of sp³-hybridized carbons (Fsp3) is 0.182. The summed E-state index contributed by atoms with van der Waals surface area (Å²) >= 11 is 0.476. The highest BCUT2D eigenvalue weighted by Crippen LogP contribution is 2.44. The average Bonchev–Trinajstić information content (AvgIpc) is 3.36. The minimum Gasteiger partial charge on any atom is -0.365 e. The summed E-state index contributed by atoms with van der Waals surface area (Å²) in [6, 6.07) is 8.38. The van der Waals surface area contributed by atoms with Crippen LogP contribution in [-0.4, -0.2) is 31.5 Å². The van der Waals surface area contributed by atoms with E-state index < -0.39 is 58.4 Å². The van der Waals surface area contributed by atoms with E-state index in [1.54, 1.807) is 18.2 Å². The third-order valence-electron chi connectivity index (χ3n) is 5.44. The predicted molar refractivity (Wildman–Crippen MR) is 126 cm³/mol. The molecular weight excluding hydrogens is 558 g/mol. The van der Waals surface area contributed by atoms with Crippen LogP contribution in [0.2, 0.25) is 0 Å². The number of rotatable bonds is 6.